The fourth-order valence-corrected chi connectivity index (χ4v) is 1.98. The molecule has 0 amide bonds. The summed E-state index contributed by atoms with van der Waals surface area (Å²) in [5, 5.41) is 3.38. The average Bonchev–Trinajstić information content (AvgIpc) is 2.46. The van der Waals surface area contributed by atoms with Gasteiger partial charge in [0, 0.05) is 27.2 Å². The van der Waals surface area contributed by atoms with Gasteiger partial charge in [0.1, 0.15) is 5.75 Å². The lowest BCUT2D eigenvalue weighted by atomic mass is 10.2. The Morgan fingerprint density at radius 1 is 1.35 bits per heavy atom. The monoisotopic (exact) mass is 277 g/mol. The summed E-state index contributed by atoms with van der Waals surface area (Å²) in [4.78, 5) is 6.48. The minimum atomic E-state index is 0.693. The van der Waals surface area contributed by atoms with E-state index in [0.29, 0.717) is 6.61 Å². The number of rotatable bonds is 7. The number of nitrogens with zero attached hydrogens (tertiary/aromatic N) is 2. The van der Waals surface area contributed by atoms with Crippen molar-refractivity contribution in [3.63, 3.8) is 0 Å². The van der Waals surface area contributed by atoms with Crippen LogP contribution in [-0.4, -0.2) is 38.1 Å². The van der Waals surface area contributed by atoms with Gasteiger partial charge in [-0.15, -0.1) is 0 Å². The van der Waals surface area contributed by atoms with E-state index in [2.05, 4.69) is 41.3 Å². The molecule has 1 rings (SSSR count). The third kappa shape index (κ3) is 5.51. The molecule has 0 aliphatic rings. The molecule has 0 aromatic heterocycles. The van der Waals surface area contributed by atoms with Crippen molar-refractivity contribution in [1.29, 1.82) is 0 Å². The molecule has 1 aromatic carbocycles. The van der Waals surface area contributed by atoms with Gasteiger partial charge in [-0.1, -0.05) is 25.5 Å². The highest BCUT2D eigenvalue weighted by Gasteiger charge is 2.05. The summed E-state index contributed by atoms with van der Waals surface area (Å²) >= 11 is 0. The zero-order valence-electron chi connectivity index (χ0n) is 13.1. The number of benzene rings is 1. The third-order valence-electron chi connectivity index (χ3n) is 3.08. The predicted molar refractivity (Wildman–Crippen MR) is 85.3 cm³/mol. The molecule has 0 atom stereocenters. The Balaban J connectivity index is 2.53. The number of nitrogens with one attached hydrogen (secondary N) is 1. The Labute approximate surface area is 122 Å². The number of ether oxygens (including phenoxy) is 1. The Morgan fingerprint density at radius 3 is 2.80 bits per heavy atom. The molecule has 1 N–H and O–H groups in total. The van der Waals surface area contributed by atoms with Crippen LogP contribution in [0.5, 0.6) is 5.75 Å². The fourth-order valence-electron chi connectivity index (χ4n) is 1.98. The van der Waals surface area contributed by atoms with E-state index in [-0.39, 0.29) is 0 Å². The van der Waals surface area contributed by atoms with Gasteiger partial charge in [0.15, 0.2) is 5.96 Å². The maximum absolute atomic E-state index is 5.51. The molecule has 20 heavy (non-hydrogen) atoms. The summed E-state index contributed by atoms with van der Waals surface area (Å²) in [6.07, 6.45) is 2.37. The third-order valence-corrected chi connectivity index (χ3v) is 3.08. The first-order chi connectivity index (χ1) is 9.71. The topological polar surface area (TPSA) is 36.9 Å². The highest BCUT2D eigenvalue weighted by atomic mass is 16.5. The first-order valence-electron chi connectivity index (χ1n) is 7.34. The largest absolute Gasteiger partial charge is 0.494 e. The Hall–Kier alpha value is -1.71. The number of guanidine groups is 1. The summed E-state index contributed by atoms with van der Waals surface area (Å²) in [5.74, 6) is 1.85. The summed E-state index contributed by atoms with van der Waals surface area (Å²) in [7, 11) is 3.89. The van der Waals surface area contributed by atoms with Gasteiger partial charge >= 0.3 is 0 Å². The van der Waals surface area contributed by atoms with Crippen molar-refractivity contribution in [2.45, 2.75) is 33.2 Å². The van der Waals surface area contributed by atoms with Crippen molar-refractivity contribution >= 4 is 5.96 Å². The van der Waals surface area contributed by atoms with Crippen LogP contribution in [0.3, 0.4) is 0 Å². The highest BCUT2D eigenvalue weighted by Crippen LogP contribution is 2.13. The average molecular weight is 277 g/mol. The molecule has 0 spiro atoms. The van der Waals surface area contributed by atoms with Crippen LogP contribution in [0.25, 0.3) is 0 Å². The van der Waals surface area contributed by atoms with Gasteiger partial charge in [-0.3, -0.25) is 4.99 Å². The Bertz CT molecular complexity index is 418. The molecule has 1 aromatic rings. The lowest BCUT2D eigenvalue weighted by molar-refractivity contribution is 0.340. The summed E-state index contributed by atoms with van der Waals surface area (Å²) in [6, 6.07) is 8.16. The van der Waals surface area contributed by atoms with Gasteiger partial charge in [0.05, 0.1) is 6.61 Å². The van der Waals surface area contributed by atoms with E-state index >= 15 is 0 Å². The smallest absolute Gasteiger partial charge is 0.193 e. The van der Waals surface area contributed by atoms with Crippen LogP contribution in [-0.2, 0) is 6.54 Å². The minimum Gasteiger partial charge on any atom is -0.494 e. The van der Waals surface area contributed by atoms with Gasteiger partial charge in [-0.25, -0.2) is 0 Å². The molecular weight excluding hydrogens is 250 g/mol. The summed E-state index contributed by atoms with van der Waals surface area (Å²) in [5.41, 5.74) is 1.20. The maximum atomic E-state index is 5.51. The molecule has 4 nitrogen and oxygen atoms in total. The molecule has 0 unspecified atom stereocenters. The van der Waals surface area contributed by atoms with Crippen molar-refractivity contribution < 1.29 is 4.74 Å². The van der Waals surface area contributed by atoms with Crippen molar-refractivity contribution in [3.8, 4) is 5.75 Å². The minimum absolute atomic E-state index is 0.693. The van der Waals surface area contributed by atoms with E-state index in [1.807, 2.05) is 26.1 Å². The lowest BCUT2D eigenvalue weighted by Gasteiger charge is -2.22. The van der Waals surface area contributed by atoms with E-state index in [1.165, 1.54) is 18.4 Å². The van der Waals surface area contributed by atoms with Gasteiger partial charge in [0.25, 0.3) is 0 Å². The summed E-state index contributed by atoms with van der Waals surface area (Å²) in [6.45, 7) is 6.66. The van der Waals surface area contributed by atoms with Crippen molar-refractivity contribution in [2.24, 2.45) is 4.99 Å². The van der Waals surface area contributed by atoms with Crippen LogP contribution < -0.4 is 10.1 Å². The maximum Gasteiger partial charge on any atom is 0.193 e. The van der Waals surface area contributed by atoms with Crippen molar-refractivity contribution in [3.05, 3.63) is 29.8 Å². The second-order valence-corrected chi connectivity index (χ2v) is 4.76. The molecule has 0 saturated carbocycles. The van der Waals surface area contributed by atoms with Crippen LogP contribution in [0.4, 0.5) is 0 Å². The SMILES string of the molecule is CCCCN(C)C(=NC)NCc1cccc(OCC)c1. The summed E-state index contributed by atoms with van der Waals surface area (Å²) < 4.78 is 5.51. The molecule has 0 heterocycles. The van der Waals surface area contributed by atoms with E-state index in [0.717, 1.165) is 24.8 Å². The van der Waals surface area contributed by atoms with Gasteiger partial charge in [-0.2, -0.15) is 0 Å². The van der Waals surface area contributed by atoms with Crippen LogP contribution >= 0.6 is 0 Å². The van der Waals surface area contributed by atoms with E-state index < -0.39 is 0 Å². The molecule has 0 aliphatic heterocycles. The number of aliphatic imine (C=N–C) groups is 1. The number of hydrogen-bond donors (Lipinski definition) is 1. The molecular formula is C16H27N3O. The predicted octanol–water partition coefficient (Wildman–Crippen LogP) is 2.89. The molecule has 112 valence electrons. The van der Waals surface area contributed by atoms with Gasteiger partial charge in [0.2, 0.25) is 0 Å². The molecule has 0 fully saturated rings. The zero-order chi connectivity index (χ0) is 14.8. The zero-order valence-corrected chi connectivity index (χ0v) is 13.1. The van der Waals surface area contributed by atoms with E-state index in [9.17, 15) is 0 Å². The van der Waals surface area contributed by atoms with Gasteiger partial charge < -0.3 is 15.0 Å². The van der Waals surface area contributed by atoms with E-state index in [4.69, 9.17) is 4.74 Å². The molecule has 0 radical (unpaired) electrons. The van der Waals surface area contributed by atoms with Crippen LogP contribution in [0.2, 0.25) is 0 Å². The van der Waals surface area contributed by atoms with Crippen LogP contribution in [0.15, 0.2) is 29.3 Å². The lowest BCUT2D eigenvalue weighted by Crippen LogP contribution is -2.38. The van der Waals surface area contributed by atoms with Crippen molar-refractivity contribution in [2.75, 3.05) is 27.2 Å². The van der Waals surface area contributed by atoms with Crippen molar-refractivity contribution in [1.82, 2.24) is 10.2 Å². The standard InChI is InChI=1S/C16H27N3O/c1-5-7-11-19(4)16(17-3)18-13-14-9-8-10-15(12-14)20-6-2/h8-10,12H,5-7,11,13H2,1-4H3,(H,17,18). The van der Waals surface area contributed by atoms with Crippen LogP contribution in [0.1, 0.15) is 32.3 Å². The Kier molecular flexibility index (Phi) is 7.55. The highest BCUT2D eigenvalue weighted by molar-refractivity contribution is 5.79. The quantitative estimate of drug-likeness (QED) is 0.615. The number of unbranched alkanes of at least 4 members (excludes halogenated alkanes) is 1. The molecule has 0 saturated heterocycles. The normalized spacial score (nSPS) is 11.3. The Morgan fingerprint density at radius 2 is 2.15 bits per heavy atom. The van der Waals surface area contributed by atoms with E-state index in [1.54, 1.807) is 0 Å². The fraction of sp³-hybridized carbons (Fsp3) is 0.562. The first-order valence-corrected chi connectivity index (χ1v) is 7.34. The molecule has 0 bridgehead atoms. The first kappa shape index (κ1) is 16.3. The number of hydrogen-bond acceptors (Lipinski definition) is 2. The second kappa shape index (κ2) is 9.23. The van der Waals surface area contributed by atoms with Gasteiger partial charge in [-0.05, 0) is 31.0 Å². The molecule has 4 heteroatoms. The second-order valence-electron chi connectivity index (χ2n) is 4.76. The van der Waals surface area contributed by atoms with Crippen LogP contribution in [0, 0.1) is 0 Å². The molecule has 0 aliphatic carbocycles.